The van der Waals surface area contributed by atoms with Crippen molar-refractivity contribution in [2.24, 2.45) is 0 Å². The van der Waals surface area contributed by atoms with E-state index in [4.69, 9.17) is 4.74 Å². The van der Waals surface area contributed by atoms with Gasteiger partial charge < -0.3 is 15.4 Å². The van der Waals surface area contributed by atoms with E-state index in [1.165, 1.54) is 40.7 Å². The van der Waals surface area contributed by atoms with E-state index < -0.39 is 33.9 Å². The van der Waals surface area contributed by atoms with Crippen molar-refractivity contribution >= 4 is 21.8 Å². The van der Waals surface area contributed by atoms with Gasteiger partial charge in [0.2, 0.25) is 10.0 Å². The van der Waals surface area contributed by atoms with Crippen LogP contribution < -0.4 is 10.6 Å². The van der Waals surface area contributed by atoms with Crippen LogP contribution in [0.1, 0.15) is 12.0 Å². The number of nitrogens with zero attached hydrogens (tertiary/aromatic N) is 1. The van der Waals surface area contributed by atoms with Crippen LogP contribution in [0.3, 0.4) is 0 Å². The molecule has 2 aromatic carbocycles. The fraction of sp³-hybridized carbons (Fsp3) is 0.300. The molecule has 1 saturated heterocycles. The lowest BCUT2D eigenvalue weighted by molar-refractivity contribution is -0.140. The van der Waals surface area contributed by atoms with E-state index in [-0.39, 0.29) is 24.5 Å². The summed E-state index contributed by atoms with van der Waals surface area (Å²) in [6, 6.07) is 13.4. The predicted molar refractivity (Wildman–Crippen MR) is 106 cm³/mol. The molecule has 2 amide bonds. The normalized spacial score (nSPS) is 17.3. The van der Waals surface area contributed by atoms with E-state index in [2.05, 4.69) is 10.6 Å². The zero-order valence-electron chi connectivity index (χ0n) is 16.1. The smallest absolute Gasteiger partial charge is 0.309 e. The van der Waals surface area contributed by atoms with Crippen molar-refractivity contribution in [3.63, 3.8) is 0 Å². The number of hydrogen-bond donors (Lipinski definition) is 2. The van der Waals surface area contributed by atoms with Gasteiger partial charge in [0.25, 0.3) is 0 Å². The molecule has 1 aliphatic rings. The van der Waals surface area contributed by atoms with Crippen LogP contribution in [0.2, 0.25) is 0 Å². The van der Waals surface area contributed by atoms with Crippen LogP contribution in [-0.2, 0) is 30.9 Å². The number of sulfonamides is 1. The Hall–Kier alpha value is -2.82. The monoisotopic (exact) mass is 435 g/mol. The molecule has 1 heterocycles. The van der Waals surface area contributed by atoms with Crippen LogP contribution in [-0.4, -0.2) is 50.5 Å². The zero-order chi connectivity index (χ0) is 21.6. The van der Waals surface area contributed by atoms with Crippen molar-refractivity contribution in [3.05, 3.63) is 66.0 Å². The molecular weight excluding hydrogens is 413 g/mol. The van der Waals surface area contributed by atoms with Gasteiger partial charge in [-0.15, -0.1) is 0 Å². The summed E-state index contributed by atoms with van der Waals surface area (Å²) in [5.41, 5.74) is 0.633. The first kappa shape index (κ1) is 21.9. The van der Waals surface area contributed by atoms with Gasteiger partial charge >= 0.3 is 11.8 Å². The lowest BCUT2D eigenvalue weighted by Crippen LogP contribution is -2.53. The molecule has 0 aromatic heterocycles. The molecule has 160 valence electrons. The maximum absolute atomic E-state index is 12.9. The highest BCUT2D eigenvalue weighted by atomic mass is 32.2. The van der Waals surface area contributed by atoms with Crippen molar-refractivity contribution in [2.45, 2.75) is 24.1 Å². The fourth-order valence-corrected chi connectivity index (χ4v) is 4.54. The molecule has 30 heavy (non-hydrogen) atoms. The van der Waals surface area contributed by atoms with Crippen LogP contribution >= 0.6 is 0 Å². The highest BCUT2D eigenvalue weighted by Gasteiger charge is 2.34. The van der Waals surface area contributed by atoms with E-state index in [0.717, 1.165) is 0 Å². The van der Waals surface area contributed by atoms with Gasteiger partial charge in [-0.25, -0.2) is 12.8 Å². The Labute approximate surface area is 174 Å². The number of benzene rings is 2. The molecule has 0 radical (unpaired) electrons. The number of rotatable bonds is 6. The topological polar surface area (TPSA) is 105 Å². The van der Waals surface area contributed by atoms with Crippen LogP contribution in [0.15, 0.2) is 59.5 Å². The van der Waals surface area contributed by atoms with Gasteiger partial charge in [-0.2, -0.15) is 4.31 Å². The van der Waals surface area contributed by atoms with Crippen molar-refractivity contribution in [1.29, 1.82) is 0 Å². The quantitative estimate of drug-likeness (QED) is 0.659. The van der Waals surface area contributed by atoms with Gasteiger partial charge in [0.05, 0.1) is 18.0 Å². The summed E-state index contributed by atoms with van der Waals surface area (Å²) in [6.07, 6.45) is -0.396. The summed E-state index contributed by atoms with van der Waals surface area (Å²) in [5, 5.41) is 4.84. The summed E-state index contributed by atoms with van der Waals surface area (Å²) < 4.78 is 45.4. The third-order valence-corrected chi connectivity index (χ3v) is 6.42. The Morgan fingerprint density at radius 3 is 2.40 bits per heavy atom. The minimum absolute atomic E-state index is 0.0565. The Morgan fingerprint density at radius 1 is 1.03 bits per heavy atom. The number of amides is 2. The zero-order valence-corrected chi connectivity index (χ0v) is 16.9. The maximum Gasteiger partial charge on any atom is 0.309 e. The summed E-state index contributed by atoms with van der Waals surface area (Å²) >= 11 is 0. The second-order valence-electron chi connectivity index (χ2n) is 6.63. The molecule has 0 bridgehead atoms. The minimum Gasteiger partial charge on any atom is -0.360 e. The summed E-state index contributed by atoms with van der Waals surface area (Å²) in [7, 11) is -3.80. The fourth-order valence-electron chi connectivity index (χ4n) is 2.96. The largest absolute Gasteiger partial charge is 0.360 e. The molecule has 0 saturated carbocycles. The second-order valence-corrected chi connectivity index (χ2v) is 8.52. The maximum atomic E-state index is 12.9. The van der Waals surface area contributed by atoms with Crippen LogP contribution in [0.25, 0.3) is 0 Å². The van der Waals surface area contributed by atoms with Crippen molar-refractivity contribution in [2.75, 3.05) is 19.7 Å². The molecule has 2 aromatic rings. The standard InChI is InChI=1S/C20H22FN3O5S/c21-16-9-7-15(8-10-16)13-22-19(25)20(26)23-14-18-24(11-4-12-29-18)30(27,28)17-5-2-1-3-6-17/h1-3,5-10,18H,4,11-14H2,(H,22,25)(H,23,26)/t18-/m1/s1. The predicted octanol–water partition coefficient (Wildman–Crippen LogP) is 0.995. The Bertz CT molecular complexity index is 983. The number of carbonyl (C=O) groups excluding carboxylic acids is 2. The highest BCUT2D eigenvalue weighted by molar-refractivity contribution is 7.89. The average molecular weight is 435 g/mol. The number of ether oxygens (including phenoxy) is 1. The lowest BCUT2D eigenvalue weighted by Gasteiger charge is -2.34. The van der Waals surface area contributed by atoms with Gasteiger partial charge in [0.1, 0.15) is 12.0 Å². The number of hydrogen-bond acceptors (Lipinski definition) is 5. The summed E-state index contributed by atoms with van der Waals surface area (Å²) in [5.74, 6) is -2.19. The number of carbonyl (C=O) groups is 2. The van der Waals surface area contributed by atoms with Gasteiger partial charge in [-0.05, 0) is 36.2 Å². The van der Waals surface area contributed by atoms with E-state index in [1.807, 2.05) is 0 Å². The van der Waals surface area contributed by atoms with Crippen molar-refractivity contribution in [1.82, 2.24) is 14.9 Å². The molecule has 1 fully saturated rings. The first-order valence-corrected chi connectivity index (χ1v) is 10.8. The lowest BCUT2D eigenvalue weighted by atomic mass is 10.2. The van der Waals surface area contributed by atoms with E-state index in [0.29, 0.717) is 18.6 Å². The Morgan fingerprint density at radius 2 is 1.70 bits per heavy atom. The molecular formula is C20H22FN3O5S. The Balaban J connectivity index is 1.56. The summed E-state index contributed by atoms with van der Waals surface area (Å²) in [4.78, 5) is 24.2. The number of nitrogens with one attached hydrogen (secondary N) is 2. The van der Waals surface area contributed by atoms with Crippen molar-refractivity contribution in [3.8, 4) is 0 Å². The molecule has 3 rings (SSSR count). The SMILES string of the molecule is O=C(NCc1ccc(F)cc1)C(=O)NC[C@H]1OCCCN1S(=O)(=O)c1ccccc1. The third kappa shape index (κ3) is 5.41. The van der Waals surface area contributed by atoms with Gasteiger partial charge in [-0.1, -0.05) is 30.3 Å². The Kier molecular flexibility index (Phi) is 7.14. The average Bonchev–Trinajstić information content (AvgIpc) is 2.77. The minimum atomic E-state index is -3.80. The molecule has 2 N–H and O–H groups in total. The molecule has 1 aliphatic heterocycles. The first-order chi connectivity index (χ1) is 14.4. The van der Waals surface area contributed by atoms with Gasteiger partial charge in [0.15, 0.2) is 0 Å². The highest BCUT2D eigenvalue weighted by Crippen LogP contribution is 2.21. The van der Waals surface area contributed by atoms with Gasteiger partial charge in [-0.3, -0.25) is 9.59 Å². The van der Waals surface area contributed by atoms with Gasteiger partial charge in [0, 0.05) is 13.1 Å². The molecule has 0 aliphatic carbocycles. The van der Waals surface area contributed by atoms with Crippen LogP contribution in [0.5, 0.6) is 0 Å². The molecule has 1 atom stereocenters. The van der Waals surface area contributed by atoms with Crippen molar-refractivity contribution < 1.29 is 27.1 Å². The molecule has 0 unspecified atom stereocenters. The van der Waals surface area contributed by atoms with Crippen LogP contribution in [0.4, 0.5) is 4.39 Å². The molecule has 0 spiro atoms. The van der Waals surface area contributed by atoms with Crippen LogP contribution in [0, 0.1) is 5.82 Å². The second kappa shape index (κ2) is 9.79. The van der Waals surface area contributed by atoms with E-state index in [1.54, 1.807) is 18.2 Å². The third-order valence-electron chi connectivity index (χ3n) is 4.51. The van der Waals surface area contributed by atoms with E-state index >= 15 is 0 Å². The number of halogens is 1. The van der Waals surface area contributed by atoms with E-state index in [9.17, 15) is 22.4 Å². The first-order valence-electron chi connectivity index (χ1n) is 9.37. The molecule has 8 nitrogen and oxygen atoms in total. The molecule has 10 heteroatoms. The summed E-state index contributed by atoms with van der Waals surface area (Å²) in [6.45, 7) is 0.475.